The summed E-state index contributed by atoms with van der Waals surface area (Å²) in [5, 5.41) is 23.6. The van der Waals surface area contributed by atoms with Crippen LogP contribution in [0.4, 0.5) is 0 Å². The average Bonchev–Trinajstić information content (AvgIpc) is 3.45. The predicted molar refractivity (Wildman–Crippen MR) is 160 cm³/mol. The SMILES string of the molecule is CN(C)C(=O)c1cn(CC2(O)CCN(C(O)N(C)Cc3ccccc3)CC23CCCC3)c(=O)cc1-c1ccccc1. The fourth-order valence-electron chi connectivity index (χ4n) is 6.81. The van der Waals surface area contributed by atoms with E-state index in [1.54, 1.807) is 20.3 Å². The summed E-state index contributed by atoms with van der Waals surface area (Å²) in [6, 6.07) is 21.0. The number of amides is 1. The molecule has 41 heavy (non-hydrogen) atoms. The number of aromatic nitrogens is 1. The molecule has 8 heteroatoms. The van der Waals surface area contributed by atoms with Gasteiger partial charge in [-0.3, -0.25) is 19.4 Å². The first-order chi connectivity index (χ1) is 19.6. The molecule has 1 aliphatic heterocycles. The Morgan fingerprint density at radius 3 is 2.24 bits per heavy atom. The van der Waals surface area contributed by atoms with Gasteiger partial charge in [-0.25, -0.2) is 0 Å². The Bertz CT molecular complexity index is 1400. The topological polar surface area (TPSA) is 89.2 Å². The van der Waals surface area contributed by atoms with Crippen LogP contribution in [0, 0.1) is 5.41 Å². The number of rotatable bonds is 8. The van der Waals surface area contributed by atoms with Gasteiger partial charge in [0.25, 0.3) is 11.5 Å². The first kappa shape index (κ1) is 29.2. The van der Waals surface area contributed by atoms with E-state index in [9.17, 15) is 19.8 Å². The largest absolute Gasteiger partial charge is 0.387 e. The molecule has 1 saturated heterocycles. The summed E-state index contributed by atoms with van der Waals surface area (Å²) < 4.78 is 1.52. The lowest BCUT2D eigenvalue weighted by Gasteiger charge is -2.54. The third kappa shape index (κ3) is 5.88. The van der Waals surface area contributed by atoms with E-state index in [1.165, 1.54) is 15.5 Å². The van der Waals surface area contributed by atoms with Crippen LogP contribution < -0.4 is 5.56 Å². The minimum atomic E-state index is -1.14. The third-order valence-corrected chi connectivity index (χ3v) is 9.14. The molecule has 2 aromatic carbocycles. The highest BCUT2D eigenvalue weighted by atomic mass is 16.3. The summed E-state index contributed by atoms with van der Waals surface area (Å²) in [5.74, 6) is -0.195. The molecule has 8 nitrogen and oxygen atoms in total. The quantitative estimate of drug-likeness (QED) is 0.411. The second-order valence-electron chi connectivity index (χ2n) is 12.1. The van der Waals surface area contributed by atoms with Gasteiger partial charge in [-0.05, 0) is 37.4 Å². The van der Waals surface area contributed by atoms with Crippen LogP contribution in [0.3, 0.4) is 0 Å². The minimum Gasteiger partial charge on any atom is -0.387 e. The van der Waals surface area contributed by atoms with Crippen LogP contribution in [0.5, 0.6) is 0 Å². The van der Waals surface area contributed by atoms with Gasteiger partial charge in [0.05, 0.1) is 17.7 Å². The molecule has 2 unspecified atom stereocenters. The van der Waals surface area contributed by atoms with Crippen molar-refractivity contribution in [3.05, 3.63) is 94.4 Å². The van der Waals surface area contributed by atoms with Crippen LogP contribution in [0.2, 0.25) is 0 Å². The van der Waals surface area contributed by atoms with Gasteiger partial charge in [0.2, 0.25) is 0 Å². The van der Waals surface area contributed by atoms with Crippen LogP contribution in [0.15, 0.2) is 77.7 Å². The molecule has 2 atom stereocenters. The van der Waals surface area contributed by atoms with E-state index in [2.05, 4.69) is 4.90 Å². The molecule has 2 heterocycles. The number of likely N-dealkylation sites (tertiary alicyclic amines) is 1. The Hall–Kier alpha value is -3.30. The molecule has 1 saturated carbocycles. The van der Waals surface area contributed by atoms with Gasteiger partial charge in [0.15, 0.2) is 6.35 Å². The van der Waals surface area contributed by atoms with Gasteiger partial charge in [-0.2, -0.15) is 0 Å². The minimum absolute atomic E-state index is 0.110. The maximum Gasteiger partial charge on any atom is 0.255 e. The Kier molecular flexibility index (Phi) is 8.47. The fourth-order valence-corrected chi connectivity index (χ4v) is 6.81. The van der Waals surface area contributed by atoms with Crippen molar-refractivity contribution in [1.29, 1.82) is 0 Å². The maximum absolute atomic E-state index is 13.5. The van der Waals surface area contributed by atoms with E-state index in [0.717, 1.165) is 36.8 Å². The van der Waals surface area contributed by atoms with Gasteiger partial charge in [-0.15, -0.1) is 0 Å². The smallest absolute Gasteiger partial charge is 0.255 e. The van der Waals surface area contributed by atoms with Crippen molar-refractivity contribution in [2.45, 2.75) is 57.1 Å². The molecule has 1 aliphatic carbocycles. The summed E-state index contributed by atoms with van der Waals surface area (Å²) in [5.41, 5.74) is 1.10. The Balaban J connectivity index is 1.42. The second kappa shape index (κ2) is 11.9. The van der Waals surface area contributed by atoms with E-state index in [4.69, 9.17) is 0 Å². The van der Waals surface area contributed by atoms with Crippen molar-refractivity contribution < 1.29 is 15.0 Å². The highest BCUT2D eigenvalue weighted by Gasteiger charge is 2.55. The number of benzene rings is 2. The Morgan fingerprint density at radius 1 is 0.976 bits per heavy atom. The number of aliphatic hydroxyl groups is 2. The number of carbonyl (C=O) groups excluding carboxylic acids is 1. The van der Waals surface area contributed by atoms with E-state index >= 15 is 0 Å². The van der Waals surface area contributed by atoms with Crippen molar-refractivity contribution in [3.8, 4) is 11.1 Å². The zero-order chi connectivity index (χ0) is 29.2. The number of piperidine rings is 1. The lowest BCUT2D eigenvalue weighted by molar-refractivity contribution is -0.194. The molecule has 1 amide bonds. The van der Waals surface area contributed by atoms with Gasteiger partial charge in [-0.1, -0.05) is 73.5 Å². The molecule has 0 bridgehead atoms. The molecular formula is C33H42N4O4. The standard InChI is InChI=1S/C33H42N4O4/c1-34(2)30(39)28-22-37(29(38)20-27(28)26-14-8-5-9-15-26)24-33(41)18-19-36(23-32(33)16-10-11-17-32)31(40)35(3)21-25-12-6-4-7-13-25/h4-9,12-15,20,22,31,40-41H,10-11,16-19,21,23-24H2,1-3H3. The van der Waals surface area contributed by atoms with Crippen LogP contribution in [-0.4, -0.2) is 81.6 Å². The van der Waals surface area contributed by atoms with Crippen LogP contribution in [0.25, 0.3) is 11.1 Å². The van der Waals surface area contributed by atoms with Gasteiger partial charge in [0.1, 0.15) is 0 Å². The summed E-state index contributed by atoms with van der Waals surface area (Å²) in [6.45, 7) is 1.77. The summed E-state index contributed by atoms with van der Waals surface area (Å²) in [4.78, 5) is 32.2. The predicted octanol–water partition coefficient (Wildman–Crippen LogP) is 3.62. The van der Waals surface area contributed by atoms with Crippen molar-refractivity contribution >= 4 is 5.91 Å². The van der Waals surface area contributed by atoms with E-state index in [1.807, 2.05) is 72.6 Å². The molecule has 2 N–H and O–H groups in total. The normalized spacial score (nSPS) is 21.3. The number of carbonyl (C=O) groups is 1. The average molecular weight is 559 g/mol. The number of hydrogen-bond acceptors (Lipinski definition) is 6. The lowest BCUT2D eigenvalue weighted by Crippen LogP contribution is -2.64. The Labute approximate surface area is 242 Å². The highest BCUT2D eigenvalue weighted by Crippen LogP contribution is 2.52. The van der Waals surface area contributed by atoms with Crippen molar-refractivity contribution in [2.24, 2.45) is 5.41 Å². The zero-order valence-corrected chi connectivity index (χ0v) is 24.4. The summed E-state index contributed by atoms with van der Waals surface area (Å²) in [7, 11) is 5.31. The summed E-state index contributed by atoms with van der Waals surface area (Å²) in [6.07, 6.45) is 4.92. The molecule has 3 aromatic rings. The molecule has 0 radical (unpaired) electrons. The van der Waals surface area contributed by atoms with Crippen molar-refractivity contribution in [2.75, 3.05) is 34.2 Å². The first-order valence-corrected chi connectivity index (χ1v) is 14.5. The number of nitrogens with zero attached hydrogens (tertiary/aromatic N) is 4. The van der Waals surface area contributed by atoms with E-state index in [-0.39, 0.29) is 18.0 Å². The number of aliphatic hydroxyl groups excluding tert-OH is 1. The molecule has 2 aliphatic rings. The van der Waals surface area contributed by atoms with E-state index in [0.29, 0.717) is 37.2 Å². The van der Waals surface area contributed by atoms with Crippen molar-refractivity contribution in [3.63, 3.8) is 0 Å². The molecular weight excluding hydrogens is 516 g/mol. The lowest BCUT2D eigenvalue weighted by atomic mass is 9.66. The van der Waals surface area contributed by atoms with Crippen LogP contribution in [-0.2, 0) is 13.1 Å². The second-order valence-corrected chi connectivity index (χ2v) is 12.1. The summed E-state index contributed by atoms with van der Waals surface area (Å²) >= 11 is 0. The monoisotopic (exact) mass is 558 g/mol. The fraction of sp³-hybridized carbons (Fsp3) is 0.455. The molecule has 1 spiro atoms. The van der Waals surface area contributed by atoms with Gasteiger partial charge >= 0.3 is 0 Å². The third-order valence-electron chi connectivity index (χ3n) is 9.14. The molecule has 1 aromatic heterocycles. The highest BCUT2D eigenvalue weighted by molar-refractivity contribution is 6.00. The molecule has 218 valence electrons. The van der Waals surface area contributed by atoms with E-state index < -0.39 is 17.4 Å². The zero-order valence-electron chi connectivity index (χ0n) is 24.4. The van der Waals surface area contributed by atoms with Crippen LogP contribution in [0.1, 0.15) is 48.0 Å². The number of hydrogen-bond donors (Lipinski definition) is 2. The maximum atomic E-state index is 13.5. The first-order valence-electron chi connectivity index (χ1n) is 14.5. The van der Waals surface area contributed by atoms with Crippen LogP contribution >= 0.6 is 0 Å². The van der Waals surface area contributed by atoms with Gasteiger partial charge in [0, 0.05) is 57.0 Å². The number of pyridine rings is 1. The Morgan fingerprint density at radius 2 is 1.61 bits per heavy atom. The van der Waals surface area contributed by atoms with Gasteiger partial charge < -0.3 is 19.7 Å². The molecule has 5 rings (SSSR count). The van der Waals surface area contributed by atoms with Crippen molar-refractivity contribution in [1.82, 2.24) is 19.3 Å². The molecule has 2 fully saturated rings.